The zero-order valence-electron chi connectivity index (χ0n) is 8.03. The van der Waals surface area contributed by atoms with E-state index in [1.165, 1.54) is 6.20 Å². The van der Waals surface area contributed by atoms with Crippen LogP contribution in [0.25, 0.3) is 0 Å². The van der Waals surface area contributed by atoms with Gasteiger partial charge in [0.05, 0.1) is 25.8 Å². The maximum Gasteiger partial charge on any atom is 0.239 e. The molecular formula is C8H12N4O3. The van der Waals surface area contributed by atoms with Gasteiger partial charge in [-0.25, -0.2) is 0 Å². The van der Waals surface area contributed by atoms with Crippen molar-refractivity contribution in [3.63, 3.8) is 0 Å². The third-order valence-electron chi connectivity index (χ3n) is 1.58. The number of nitrogens with zero attached hydrogens (tertiary/aromatic N) is 1. The fourth-order valence-corrected chi connectivity index (χ4v) is 0.833. The summed E-state index contributed by atoms with van der Waals surface area (Å²) in [5.41, 5.74) is 5.04. The Morgan fingerprint density at radius 2 is 2.20 bits per heavy atom. The Bertz CT molecular complexity index is 323. The van der Waals surface area contributed by atoms with E-state index in [1.807, 2.05) is 0 Å². The summed E-state index contributed by atoms with van der Waals surface area (Å²) >= 11 is 0. The van der Waals surface area contributed by atoms with Crippen molar-refractivity contribution >= 4 is 11.8 Å². The molecule has 7 nitrogen and oxygen atoms in total. The molecule has 7 heteroatoms. The minimum absolute atomic E-state index is 0.0931. The largest absolute Gasteiger partial charge is 0.360 e. The molecule has 0 radical (unpaired) electrons. The lowest BCUT2D eigenvalue weighted by Crippen LogP contribution is -2.39. The van der Waals surface area contributed by atoms with Crippen molar-refractivity contribution < 1.29 is 14.1 Å². The van der Waals surface area contributed by atoms with Crippen molar-refractivity contribution in [1.82, 2.24) is 15.8 Å². The molecular weight excluding hydrogens is 200 g/mol. The van der Waals surface area contributed by atoms with Gasteiger partial charge < -0.3 is 20.9 Å². The molecule has 0 aliphatic rings. The van der Waals surface area contributed by atoms with Crippen LogP contribution in [-0.2, 0) is 16.1 Å². The molecule has 1 aromatic rings. The maximum absolute atomic E-state index is 11.1. The summed E-state index contributed by atoms with van der Waals surface area (Å²) in [4.78, 5) is 21.8. The molecule has 82 valence electrons. The quantitative estimate of drug-likeness (QED) is 0.542. The Kier molecular flexibility index (Phi) is 4.30. The highest BCUT2D eigenvalue weighted by atomic mass is 16.5. The first-order chi connectivity index (χ1) is 7.22. The van der Waals surface area contributed by atoms with E-state index in [0.717, 1.165) is 0 Å². The van der Waals surface area contributed by atoms with Gasteiger partial charge in [0.15, 0.2) is 5.76 Å². The van der Waals surface area contributed by atoms with E-state index in [-0.39, 0.29) is 31.4 Å². The van der Waals surface area contributed by atoms with Gasteiger partial charge in [-0.2, -0.15) is 0 Å². The second kappa shape index (κ2) is 5.76. The summed E-state index contributed by atoms with van der Waals surface area (Å²) < 4.78 is 4.76. The number of amides is 2. The fourth-order valence-electron chi connectivity index (χ4n) is 0.833. The topological polar surface area (TPSA) is 110 Å². The van der Waals surface area contributed by atoms with Gasteiger partial charge in [0.1, 0.15) is 0 Å². The summed E-state index contributed by atoms with van der Waals surface area (Å²) in [6.07, 6.45) is 1.48. The highest BCUT2D eigenvalue weighted by molar-refractivity contribution is 5.85. The lowest BCUT2D eigenvalue weighted by molar-refractivity contribution is -0.125. The molecule has 0 atom stereocenters. The zero-order valence-corrected chi connectivity index (χ0v) is 8.03. The van der Waals surface area contributed by atoms with Crippen LogP contribution >= 0.6 is 0 Å². The maximum atomic E-state index is 11.1. The monoisotopic (exact) mass is 212 g/mol. The number of hydrogen-bond acceptors (Lipinski definition) is 5. The number of carbonyl (C=O) groups excluding carboxylic acids is 2. The summed E-state index contributed by atoms with van der Waals surface area (Å²) in [5.74, 6) is -0.133. The number of carbonyl (C=O) groups is 2. The molecule has 0 aliphatic heterocycles. The van der Waals surface area contributed by atoms with Gasteiger partial charge in [-0.15, -0.1) is 0 Å². The fraction of sp³-hybridized carbons (Fsp3) is 0.375. The van der Waals surface area contributed by atoms with Gasteiger partial charge in [-0.1, -0.05) is 5.16 Å². The molecule has 0 fully saturated rings. The van der Waals surface area contributed by atoms with Crippen molar-refractivity contribution in [3.05, 3.63) is 18.0 Å². The second-order valence-electron chi connectivity index (χ2n) is 2.74. The molecule has 4 N–H and O–H groups in total. The molecule has 15 heavy (non-hydrogen) atoms. The molecule has 0 spiro atoms. The standard InChI is InChI=1S/C8H12N4O3/c9-3-7(13)11-5-8(14)10-4-6-1-2-12-15-6/h1-2H,3-5,9H2,(H,10,14)(H,11,13). The zero-order chi connectivity index (χ0) is 11.1. The van der Waals surface area contributed by atoms with Crippen LogP contribution in [0.3, 0.4) is 0 Å². The van der Waals surface area contributed by atoms with Gasteiger partial charge in [0, 0.05) is 6.07 Å². The van der Waals surface area contributed by atoms with E-state index < -0.39 is 0 Å². The lowest BCUT2D eigenvalue weighted by Gasteiger charge is -2.03. The van der Waals surface area contributed by atoms with Crippen molar-refractivity contribution in [3.8, 4) is 0 Å². The van der Waals surface area contributed by atoms with Crippen molar-refractivity contribution in [1.29, 1.82) is 0 Å². The lowest BCUT2D eigenvalue weighted by atomic mass is 10.4. The van der Waals surface area contributed by atoms with Gasteiger partial charge in [0.25, 0.3) is 0 Å². The second-order valence-corrected chi connectivity index (χ2v) is 2.74. The molecule has 0 aromatic carbocycles. The van der Waals surface area contributed by atoms with Crippen molar-refractivity contribution in [2.75, 3.05) is 13.1 Å². The third-order valence-corrected chi connectivity index (χ3v) is 1.58. The molecule has 0 saturated heterocycles. The summed E-state index contributed by atoms with van der Waals surface area (Å²) in [6.45, 7) is 0.0247. The van der Waals surface area contributed by atoms with E-state index in [2.05, 4.69) is 15.8 Å². The van der Waals surface area contributed by atoms with Crippen molar-refractivity contribution in [2.24, 2.45) is 5.73 Å². The summed E-state index contributed by atoms with van der Waals surface area (Å²) in [7, 11) is 0. The van der Waals surface area contributed by atoms with E-state index in [4.69, 9.17) is 10.3 Å². The first-order valence-electron chi connectivity index (χ1n) is 4.35. The Balaban J connectivity index is 2.16. The van der Waals surface area contributed by atoms with Crippen LogP contribution in [-0.4, -0.2) is 30.1 Å². The molecule has 0 aliphatic carbocycles. The normalized spacial score (nSPS) is 9.67. The van der Waals surface area contributed by atoms with E-state index in [0.29, 0.717) is 5.76 Å². The number of hydrogen-bond donors (Lipinski definition) is 3. The Morgan fingerprint density at radius 3 is 2.80 bits per heavy atom. The first kappa shape index (κ1) is 11.2. The van der Waals surface area contributed by atoms with Gasteiger partial charge >= 0.3 is 0 Å². The van der Waals surface area contributed by atoms with Crippen LogP contribution in [0.15, 0.2) is 16.8 Å². The molecule has 1 aromatic heterocycles. The average molecular weight is 212 g/mol. The molecule has 2 amide bonds. The highest BCUT2D eigenvalue weighted by Gasteiger charge is 2.04. The van der Waals surface area contributed by atoms with Crippen LogP contribution in [0, 0.1) is 0 Å². The summed E-state index contributed by atoms with van der Waals surface area (Å²) in [5, 5.41) is 8.35. The molecule has 0 saturated carbocycles. The molecule has 0 unspecified atom stereocenters. The number of aromatic nitrogens is 1. The van der Waals surface area contributed by atoms with E-state index in [1.54, 1.807) is 6.07 Å². The molecule has 1 rings (SSSR count). The number of nitrogens with one attached hydrogen (secondary N) is 2. The number of nitrogens with two attached hydrogens (primary N) is 1. The Labute approximate surface area is 86.0 Å². The van der Waals surface area contributed by atoms with Crippen LogP contribution < -0.4 is 16.4 Å². The van der Waals surface area contributed by atoms with Crippen LogP contribution in [0.5, 0.6) is 0 Å². The van der Waals surface area contributed by atoms with E-state index in [9.17, 15) is 9.59 Å². The SMILES string of the molecule is NCC(=O)NCC(=O)NCc1ccno1. The molecule has 1 heterocycles. The average Bonchev–Trinajstić information content (AvgIpc) is 2.75. The van der Waals surface area contributed by atoms with Gasteiger partial charge in [-0.05, 0) is 0 Å². The summed E-state index contributed by atoms with van der Waals surface area (Å²) in [6, 6.07) is 1.64. The minimum atomic E-state index is -0.371. The van der Waals surface area contributed by atoms with Crippen LogP contribution in [0.1, 0.15) is 5.76 Å². The predicted octanol–water partition coefficient (Wildman–Crippen LogP) is -1.63. The van der Waals surface area contributed by atoms with Crippen molar-refractivity contribution in [2.45, 2.75) is 6.54 Å². The van der Waals surface area contributed by atoms with Crippen LogP contribution in [0.2, 0.25) is 0 Å². The van der Waals surface area contributed by atoms with Gasteiger partial charge in [-0.3, -0.25) is 9.59 Å². The number of rotatable bonds is 5. The van der Waals surface area contributed by atoms with E-state index >= 15 is 0 Å². The minimum Gasteiger partial charge on any atom is -0.360 e. The Morgan fingerprint density at radius 1 is 1.40 bits per heavy atom. The predicted molar refractivity (Wildman–Crippen MR) is 50.4 cm³/mol. The highest BCUT2D eigenvalue weighted by Crippen LogP contribution is 1.94. The smallest absolute Gasteiger partial charge is 0.239 e. The Hall–Kier alpha value is -1.89. The van der Waals surface area contributed by atoms with Gasteiger partial charge in [0.2, 0.25) is 11.8 Å². The first-order valence-corrected chi connectivity index (χ1v) is 4.35. The third kappa shape index (κ3) is 4.23. The molecule has 0 bridgehead atoms. The van der Waals surface area contributed by atoms with Crippen LogP contribution in [0.4, 0.5) is 0 Å².